The van der Waals surface area contributed by atoms with Crippen molar-refractivity contribution < 1.29 is 28.5 Å². The van der Waals surface area contributed by atoms with Crippen molar-refractivity contribution in [2.24, 2.45) is 0 Å². The van der Waals surface area contributed by atoms with Gasteiger partial charge in [-0.25, -0.2) is 4.79 Å². The maximum absolute atomic E-state index is 11.4. The van der Waals surface area contributed by atoms with Crippen LogP contribution in [0.25, 0.3) is 0 Å². The van der Waals surface area contributed by atoms with Gasteiger partial charge in [0.1, 0.15) is 12.3 Å². The van der Waals surface area contributed by atoms with Crippen LogP contribution in [0, 0.1) is 0 Å². The zero-order valence-electron chi connectivity index (χ0n) is 10.2. The third-order valence-electron chi connectivity index (χ3n) is 2.07. The Morgan fingerprint density at radius 2 is 1.90 bits per heavy atom. The minimum absolute atomic E-state index is 0.0194. The fraction of sp³-hybridized carbons (Fsp3) is 0.500. The summed E-state index contributed by atoms with van der Waals surface area (Å²) in [5, 5.41) is 0. The van der Waals surface area contributed by atoms with Crippen LogP contribution in [-0.2, 0) is 20.4 Å². The van der Waals surface area contributed by atoms with E-state index in [1.54, 1.807) is 0 Å². The number of hydrogen-bond donors (Lipinski definition) is 4. The lowest BCUT2D eigenvalue weighted by Crippen LogP contribution is -2.29. The van der Waals surface area contributed by atoms with Crippen LogP contribution in [0.2, 0.25) is 0 Å². The predicted octanol–water partition coefficient (Wildman–Crippen LogP) is -1.08. The van der Waals surface area contributed by atoms with E-state index in [0.29, 0.717) is 0 Å². The number of aromatic nitrogens is 2. The van der Waals surface area contributed by atoms with Crippen LogP contribution in [0.1, 0.15) is 0 Å². The van der Waals surface area contributed by atoms with Crippen LogP contribution in [0.5, 0.6) is 0 Å². The molecule has 0 radical (unpaired) electrons. The van der Waals surface area contributed by atoms with Gasteiger partial charge >= 0.3 is 13.3 Å². The first-order valence-electron chi connectivity index (χ1n) is 5.32. The molecule has 1 rings (SSSR count). The van der Waals surface area contributed by atoms with Gasteiger partial charge in [-0.15, -0.1) is 0 Å². The van der Waals surface area contributed by atoms with Gasteiger partial charge in [0.2, 0.25) is 7.37 Å². The summed E-state index contributed by atoms with van der Waals surface area (Å²) >= 11 is 0. The van der Waals surface area contributed by atoms with Gasteiger partial charge in [0.25, 0.3) is 5.56 Å². The molecule has 0 aliphatic heterocycles. The summed E-state index contributed by atoms with van der Waals surface area (Å²) in [4.78, 5) is 50.5. The largest absolute Gasteiger partial charge is 0.369 e. The quantitative estimate of drug-likeness (QED) is 0.363. The zero-order chi connectivity index (χ0) is 15.4. The Bertz CT molecular complexity index is 659. The molecule has 0 spiro atoms. The number of hydrogen-bond acceptors (Lipinski definition) is 5. The fourth-order valence-electron chi connectivity index (χ4n) is 1.32. The molecular weight excluding hydrogens is 314 g/mol. The Morgan fingerprint density at radius 3 is 2.45 bits per heavy atom. The molecule has 20 heavy (non-hydrogen) atoms. The molecule has 0 saturated carbocycles. The highest BCUT2D eigenvalue weighted by Gasteiger charge is 2.29. The van der Waals surface area contributed by atoms with Crippen LogP contribution >= 0.6 is 15.0 Å². The van der Waals surface area contributed by atoms with Crippen molar-refractivity contribution in [3.05, 3.63) is 33.1 Å². The number of aromatic amines is 1. The van der Waals surface area contributed by atoms with E-state index in [1.807, 2.05) is 4.98 Å². The van der Waals surface area contributed by atoms with Crippen molar-refractivity contribution >= 4 is 15.0 Å². The second kappa shape index (κ2) is 6.62. The van der Waals surface area contributed by atoms with Crippen LogP contribution in [0.3, 0.4) is 0 Å². The Hall–Kier alpha value is -1.02. The summed E-state index contributed by atoms with van der Waals surface area (Å²) in [7, 11) is -8.68. The molecule has 1 atom stereocenters. The van der Waals surface area contributed by atoms with Gasteiger partial charge < -0.3 is 19.4 Å². The van der Waals surface area contributed by atoms with Crippen LogP contribution < -0.4 is 11.2 Å². The summed E-state index contributed by atoms with van der Waals surface area (Å²) in [6.45, 7) is -0.108. The summed E-state index contributed by atoms with van der Waals surface area (Å²) in [6.07, 6.45) is 0.509. The molecule has 1 aromatic rings. The van der Waals surface area contributed by atoms with E-state index in [4.69, 9.17) is 14.5 Å². The van der Waals surface area contributed by atoms with E-state index in [9.17, 15) is 23.6 Å². The van der Waals surface area contributed by atoms with Gasteiger partial charge in [0.05, 0.1) is 13.2 Å². The summed E-state index contributed by atoms with van der Waals surface area (Å²) in [5.41, 5.74) is -1.20. The molecule has 0 bridgehead atoms. The number of nitrogens with zero attached hydrogens (tertiary/aromatic N) is 1. The van der Waals surface area contributed by atoms with Gasteiger partial charge in [-0.2, -0.15) is 0 Å². The molecule has 1 aromatic heterocycles. The SMILES string of the molecule is O=c1ccn(CCOCP(=O)(O)CP(=O)(O)O)c(=O)[nH]1. The first-order valence-corrected chi connectivity index (χ1v) is 9.15. The lowest BCUT2D eigenvalue weighted by Gasteiger charge is -2.13. The van der Waals surface area contributed by atoms with E-state index in [1.165, 1.54) is 6.20 Å². The lowest BCUT2D eigenvalue weighted by atomic mass is 10.6. The van der Waals surface area contributed by atoms with Crippen molar-refractivity contribution in [3.63, 3.8) is 0 Å². The third-order valence-corrected chi connectivity index (χ3v) is 5.90. The molecule has 1 unspecified atom stereocenters. The van der Waals surface area contributed by atoms with Gasteiger partial charge in [-0.1, -0.05) is 0 Å². The maximum atomic E-state index is 11.4. The van der Waals surface area contributed by atoms with Crippen LogP contribution in [0.4, 0.5) is 0 Å². The number of nitrogens with one attached hydrogen (secondary N) is 1. The van der Waals surface area contributed by atoms with Gasteiger partial charge in [0, 0.05) is 12.3 Å². The standard InChI is InChI=1S/C8H14N2O8P2/c11-7-1-2-10(8(12)9-7)3-4-18-5-19(13,14)6-20(15,16)17/h1-2H,3-6H2,(H,13,14)(H,9,11,12)(H2,15,16,17). The van der Waals surface area contributed by atoms with Gasteiger partial charge in [-0.05, 0) is 0 Å². The average Bonchev–Trinajstić information content (AvgIpc) is 2.23. The molecule has 0 saturated heterocycles. The molecule has 1 heterocycles. The Balaban J connectivity index is 2.46. The second-order valence-electron chi connectivity index (χ2n) is 3.99. The van der Waals surface area contributed by atoms with E-state index in [-0.39, 0.29) is 13.2 Å². The molecule has 10 nitrogen and oxygen atoms in total. The maximum Gasteiger partial charge on any atom is 0.335 e. The molecule has 114 valence electrons. The highest BCUT2D eigenvalue weighted by atomic mass is 31.2. The smallest absolute Gasteiger partial charge is 0.335 e. The molecule has 0 aliphatic rings. The van der Waals surface area contributed by atoms with Crippen molar-refractivity contribution in [2.75, 3.05) is 18.9 Å². The number of rotatable bonds is 7. The minimum Gasteiger partial charge on any atom is -0.369 e. The van der Waals surface area contributed by atoms with E-state index in [2.05, 4.69) is 0 Å². The van der Waals surface area contributed by atoms with Gasteiger partial charge in [-0.3, -0.25) is 23.5 Å². The van der Waals surface area contributed by atoms with E-state index < -0.39 is 38.5 Å². The molecule has 0 amide bonds. The Morgan fingerprint density at radius 1 is 1.25 bits per heavy atom. The van der Waals surface area contributed by atoms with Gasteiger partial charge in [0.15, 0.2) is 0 Å². The molecular formula is C8H14N2O8P2. The fourth-order valence-corrected chi connectivity index (χ4v) is 4.36. The Kier molecular flexibility index (Phi) is 5.64. The predicted molar refractivity (Wildman–Crippen MR) is 68.9 cm³/mol. The third kappa shape index (κ3) is 6.42. The topological polar surface area (TPSA) is 159 Å². The van der Waals surface area contributed by atoms with Crippen molar-refractivity contribution in [3.8, 4) is 0 Å². The zero-order valence-corrected chi connectivity index (χ0v) is 12.0. The van der Waals surface area contributed by atoms with Crippen LogP contribution in [0.15, 0.2) is 21.9 Å². The molecule has 4 N–H and O–H groups in total. The minimum atomic E-state index is -4.60. The van der Waals surface area contributed by atoms with Crippen molar-refractivity contribution in [2.45, 2.75) is 6.54 Å². The summed E-state index contributed by atoms with van der Waals surface area (Å²) in [6, 6.07) is 1.13. The highest BCUT2D eigenvalue weighted by molar-refractivity contribution is 7.72. The van der Waals surface area contributed by atoms with E-state index in [0.717, 1.165) is 10.6 Å². The average molecular weight is 328 g/mol. The second-order valence-corrected chi connectivity index (χ2v) is 8.40. The summed E-state index contributed by atoms with van der Waals surface area (Å²) < 4.78 is 27.9. The monoisotopic (exact) mass is 328 g/mol. The summed E-state index contributed by atoms with van der Waals surface area (Å²) in [5.74, 6) is -1.15. The number of ether oxygens (including phenoxy) is 1. The van der Waals surface area contributed by atoms with Crippen LogP contribution in [-0.4, -0.2) is 43.1 Å². The van der Waals surface area contributed by atoms with E-state index >= 15 is 0 Å². The lowest BCUT2D eigenvalue weighted by molar-refractivity contribution is 0.158. The molecule has 0 fully saturated rings. The number of H-pyrrole nitrogens is 1. The van der Waals surface area contributed by atoms with Crippen molar-refractivity contribution in [1.29, 1.82) is 0 Å². The molecule has 12 heteroatoms. The van der Waals surface area contributed by atoms with Crippen molar-refractivity contribution in [1.82, 2.24) is 9.55 Å². The molecule has 0 aliphatic carbocycles. The normalized spacial score (nSPS) is 14.9. The molecule has 0 aromatic carbocycles. The first-order chi connectivity index (χ1) is 9.09. The first kappa shape index (κ1) is 17.0. The highest BCUT2D eigenvalue weighted by Crippen LogP contribution is 2.54. The Labute approximate surface area is 112 Å².